The molecule has 2 N–H and O–H groups in total. The van der Waals surface area contributed by atoms with Gasteiger partial charge in [-0.2, -0.15) is 0 Å². The predicted octanol–water partition coefficient (Wildman–Crippen LogP) is 1.88. The Kier molecular flexibility index (Phi) is 3.99. The van der Waals surface area contributed by atoms with E-state index in [4.69, 9.17) is 4.74 Å². The van der Waals surface area contributed by atoms with E-state index in [0.717, 1.165) is 29.5 Å². The van der Waals surface area contributed by atoms with Crippen LogP contribution in [0.15, 0.2) is 18.2 Å². The molecule has 0 spiro atoms. The average molecular weight is 249 g/mol. The Balaban J connectivity index is 2.44. The van der Waals surface area contributed by atoms with E-state index in [2.05, 4.69) is 12.2 Å². The first-order valence-electron chi connectivity index (χ1n) is 6.25. The number of aliphatic carboxylic acids is 1. The zero-order chi connectivity index (χ0) is 13.1. The van der Waals surface area contributed by atoms with Crippen LogP contribution >= 0.6 is 0 Å². The fraction of sp³-hybridized carbons (Fsp3) is 0.500. The van der Waals surface area contributed by atoms with Crippen molar-refractivity contribution in [1.29, 1.82) is 0 Å². The Bertz CT molecular complexity index is 445. The normalized spacial score (nSPS) is 22.6. The van der Waals surface area contributed by atoms with E-state index in [1.807, 2.05) is 18.2 Å². The van der Waals surface area contributed by atoms with Gasteiger partial charge < -0.3 is 9.84 Å². The van der Waals surface area contributed by atoms with Crippen LogP contribution in [0.1, 0.15) is 36.1 Å². The van der Waals surface area contributed by atoms with E-state index in [-0.39, 0.29) is 6.04 Å². The maximum Gasteiger partial charge on any atom is 0.325 e. The molecule has 0 fully saturated rings. The second-order valence-corrected chi connectivity index (χ2v) is 4.67. The molecule has 0 aliphatic carbocycles. The first-order chi connectivity index (χ1) is 8.67. The molecule has 0 radical (unpaired) electrons. The number of carboxylic acids is 1. The van der Waals surface area contributed by atoms with Crippen molar-refractivity contribution < 1.29 is 14.6 Å². The summed E-state index contributed by atoms with van der Waals surface area (Å²) in [5.41, 5.74) is 3.11. The minimum atomic E-state index is -0.816. The number of carbonyl (C=O) groups is 1. The third-order valence-corrected chi connectivity index (χ3v) is 3.51. The fourth-order valence-corrected chi connectivity index (χ4v) is 2.56. The molecule has 1 heterocycles. The topological polar surface area (TPSA) is 58.6 Å². The summed E-state index contributed by atoms with van der Waals surface area (Å²) < 4.78 is 5.19. The van der Waals surface area contributed by atoms with E-state index in [1.54, 1.807) is 7.11 Å². The number of hydrogen-bond donors (Lipinski definition) is 2. The van der Waals surface area contributed by atoms with Crippen LogP contribution in [0.4, 0.5) is 0 Å². The maximum atomic E-state index is 11.4. The van der Waals surface area contributed by atoms with Crippen molar-refractivity contribution in [1.82, 2.24) is 5.32 Å². The van der Waals surface area contributed by atoms with Crippen molar-refractivity contribution in [3.05, 3.63) is 34.9 Å². The summed E-state index contributed by atoms with van der Waals surface area (Å²) in [5.74, 6) is -0.816. The number of ether oxygens (including phenoxy) is 1. The van der Waals surface area contributed by atoms with E-state index in [1.165, 1.54) is 0 Å². The monoisotopic (exact) mass is 249 g/mol. The molecule has 98 valence electrons. The highest BCUT2D eigenvalue weighted by molar-refractivity contribution is 5.77. The first-order valence-corrected chi connectivity index (χ1v) is 6.25. The molecule has 1 aromatic rings. The largest absolute Gasteiger partial charge is 0.480 e. The van der Waals surface area contributed by atoms with E-state index < -0.39 is 12.0 Å². The van der Waals surface area contributed by atoms with Crippen LogP contribution in [0.5, 0.6) is 0 Å². The van der Waals surface area contributed by atoms with Crippen molar-refractivity contribution >= 4 is 5.97 Å². The van der Waals surface area contributed by atoms with Crippen molar-refractivity contribution in [3.63, 3.8) is 0 Å². The number of methoxy groups -OCH3 is 1. The Labute approximate surface area is 107 Å². The summed E-state index contributed by atoms with van der Waals surface area (Å²) in [6.07, 6.45) is 1.79. The lowest BCUT2D eigenvalue weighted by atomic mass is 9.86. The number of nitrogens with one attached hydrogen (secondary N) is 1. The SMILES string of the molecule is CCC1Cc2c(COC)cccc2C(C(=O)O)N1. The second kappa shape index (κ2) is 5.50. The van der Waals surface area contributed by atoms with E-state index in [0.29, 0.717) is 6.61 Å². The smallest absolute Gasteiger partial charge is 0.325 e. The number of fused-ring (bicyclic) bond motifs is 1. The number of hydrogen-bond acceptors (Lipinski definition) is 3. The van der Waals surface area contributed by atoms with Crippen molar-refractivity contribution in [2.24, 2.45) is 0 Å². The number of rotatable bonds is 4. The van der Waals surface area contributed by atoms with Crippen LogP contribution in [0, 0.1) is 0 Å². The van der Waals surface area contributed by atoms with Crippen LogP contribution in [0.3, 0.4) is 0 Å². The molecule has 0 bridgehead atoms. The van der Waals surface area contributed by atoms with Gasteiger partial charge in [0.15, 0.2) is 0 Å². The van der Waals surface area contributed by atoms with Gasteiger partial charge in [0.2, 0.25) is 0 Å². The molecule has 0 saturated heterocycles. The van der Waals surface area contributed by atoms with Crippen LogP contribution in [-0.4, -0.2) is 24.2 Å². The standard InChI is InChI=1S/C14H19NO3/c1-3-10-7-12-9(8-18-2)5-4-6-11(12)13(15-10)14(16)17/h4-6,10,13,15H,3,7-8H2,1-2H3,(H,16,17). The first kappa shape index (κ1) is 13.1. The third kappa shape index (κ3) is 2.40. The molecule has 2 atom stereocenters. The summed E-state index contributed by atoms with van der Waals surface area (Å²) in [5, 5.41) is 12.5. The molecule has 1 aliphatic rings. The summed E-state index contributed by atoms with van der Waals surface area (Å²) in [6, 6.07) is 5.43. The summed E-state index contributed by atoms with van der Waals surface area (Å²) >= 11 is 0. The lowest BCUT2D eigenvalue weighted by molar-refractivity contribution is -0.140. The highest BCUT2D eigenvalue weighted by Crippen LogP contribution is 2.29. The molecule has 4 heteroatoms. The Morgan fingerprint density at radius 2 is 2.33 bits per heavy atom. The van der Waals surface area contributed by atoms with Crippen molar-refractivity contribution in [2.75, 3.05) is 7.11 Å². The van der Waals surface area contributed by atoms with E-state index >= 15 is 0 Å². The predicted molar refractivity (Wildman–Crippen MR) is 68.5 cm³/mol. The molecular weight excluding hydrogens is 230 g/mol. The van der Waals surface area contributed by atoms with Gasteiger partial charge in [0, 0.05) is 13.2 Å². The number of benzene rings is 1. The molecule has 4 nitrogen and oxygen atoms in total. The van der Waals surface area contributed by atoms with Gasteiger partial charge in [-0.15, -0.1) is 0 Å². The molecule has 2 rings (SSSR count). The summed E-state index contributed by atoms with van der Waals surface area (Å²) in [6.45, 7) is 2.60. The third-order valence-electron chi connectivity index (χ3n) is 3.51. The van der Waals surface area contributed by atoms with Crippen LogP contribution in [0.25, 0.3) is 0 Å². The van der Waals surface area contributed by atoms with Crippen LogP contribution in [0.2, 0.25) is 0 Å². The fourth-order valence-electron chi connectivity index (χ4n) is 2.56. The summed E-state index contributed by atoms with van der Waals surface area (Å²) in [4.78, 5) is 11.4. The average Bonchev–Trinajstić information content (AvgIpc) is 2.38. The van der Waals surface area contributed by atoms with Gasteiger partial charge in [-0.05, 0) is 29.5 Å². The number of carboxylic acid groups (broad SMARTS) is 1. The van der Waals surface area contributed by atoms with Gasteiger partial charge in [0.05, 0.1) is 6.61 Å². The molecule has 0 saturated carbocycles. The Hall–Kier alpha value is -1.39. The second-order valence-electron chi connectivity index (χ2n) is 4.67. The van der Waals surface area contributed by atoms with Crippen LogP contribution < -0.4 is 5.32 Å². The van der Waals surface area contributed by atoms with Crippen LogP contribution in [-0.2, 0) is 22.6 Å². The minimum Gasteiger partial charge on any atom is -0.480 e. The molecule has 18 heavy (non-hydrogen) atoms. The lowest BCUT2D eigenvalue weighted by Crippen LogP contribution is -2.42. The van der Waals surface area contributed by atoms with E-state index in [9.17, 15) is 9.90 Å². The zero-order valence-electron chi connectivity index (χ0n) is 10.8. The van der Waals surface area contributed by atoms with Gasteiger partial charge in [-0.25, -0.2) is 0 Å². The van der Waals surface area contributed by atoms with Gasteiger partial charge in [-0.3, -0.25) is 10.1 Å². The van der Waals surface area contributed by atoms with Gasteiger partial charge in [-0.1, -0.05) is 25.1 Å². The van der Waals surface area contributed by atoms with Gasteiger partial charge in [0.1, 0.15) is 6.04 Å². The molecule has 1 aromatic carbocycles. The van der Waals surface area contributed by atoms with Gasteiger partial charge in [0.25, 0.3) is 0 Å². The zero-order valence-corrected chi connectivity index (χ0v) is 10.8. The highest BCUT2D eigenvalue weighted by Gasteiger charge is 2.31. The highest BCUT2D eigenvalue weighted by atomic mass is 16.5. The molecule has 2 unspecified atom stereocenters. The lowest BCUT2D eigenvalue weighted by Gasteiger charge is -2.31. The van der Waals surface area contributed by atoms with Gasteiger partial charge >= 0.3 is 5.97 Å². The molecular formula is C14H19NO3. The molecule has 1 aliphatic heterocycles. The Morgan fingerprint density at radius 3 is 2.94 bits per heavy atom. The summed E-state index contributed by atoms with van der Waals surface area (Å²) in [7, 11) is 1.66. The quantitative estimate of drug-likeness (QED) is 0.855. The molecule has 0 amide bonds. The van der Waals surface area contributed by atoms with Crippen molar-refractivity contribution in [3.8, 4) is 0 Å². The molecule has 0 aromatic heterocycles. The van der Waals surface area contributed by atoms with Crippen molar-refractivity contribution in [2.45, 2.75) is 38.5 Å². The minimum absolute atomic E-state index is 0.219. The maximum absolute atomic E-state index is 11.4. The Morgan fingerprint density at radius 1 is 1.56 bits per heavy atom.